The Morgan fingerprint density at radius 2 is 1.69 bits per heavy atom. The van der Waals surface area contributed by atoms with Crippen molar-refractivity contribution in [3.05, 3.63) is 0 Å². The highest BCUT2D eigenvalue weighted by Gasteiger charge is 2.17. The van der Waals surface area contributed by atoms with Crippen molar-refractivity contribution in [3.63, 3.8) is 0 Å². The average molecular weight is 185 g/mol. The van der Waals surface area contributed by atoms with Crippen LogP contribution in [0.5, 0.6) is 0 Å². The first-order valence-electron chi connectivity index (χ1n) is 6.12. The van der Waals surface area contributed by atoms with Crippen molar-refractivity contribution in [3.8, 4) is 0 Å². The minimum atomic E-state index is 0.820. The minimum absolute atomic E-state index is 0.820. The van der Waals surface area contributed by atoms with E-state index in [4.69, 9.17) is 0 Å². The third-order valence-electron chi connectivity index (χ3n) is 2.71. The maximum absolute atomic E-state index is 3.70. The fraction of sp³-hybridized carbons (Fsp3) is 1.00. The Balaban J connectivity index is 0.000000671. The van der Waals surface area contributed by atoms with Crippen LogP contribution in [-0.2, 0) is 0 Å². The van der Waals surface area contributed by atoms with E-state index in [-0.39, 0.29) is 0 Å². The van der Waals surface area contributed by atoms with Gasteiger partial charge in [0.25, 0.3) is 0 Å². The number of hydrogen-bond acceptors (Lipinski definition) is 1. The van der Waals surface area contributed by atoms with Crippen LogP contribution in [-0.4, -0.2) is 12.1 Å². The van der Waals surface area contributed by atoms with E-state index < -0.39 is 0 Å². The summed E-state index contributed by atoms with van der Waals surface area (Å²) >= 11 is 0. The number of hydrogen-bond donors (Lipinski definition) is 1. The zero-order valence-electron chi connectivity index (χ0n) is 9.90. The van der Waals surface area contributed by atoms with Gasteiger partial charge in [-0.3, -0.25) is 0 Å². The summed E-state index contributed by atoms with van der Waals surface area (Å²) in [4.78, 5) is 0. The Hall–Kier alpha value is -0.0400. The highest BCUT2D eigenvalue weighted by atomic mass is 15.0. The van der Waals surface area contributed by atoms with E-state index in [0.717, 1.165) is 12.1 Å². The van der Waals surface area contributed by atoms with Gasteiger partial charge in [-0.05, 0) is 25.7 Å². The van der Waals surface area contributed by atoms with E-state index in [1.54, 1.807) is 0 Å². The molecule has 13 heavy (non-hydrogen) atoms. The molecule has 0 aromatic rings. The first-order chi connectivity index (χ1) is 6.36. The summed E-state index contributed by atoms with van der Waals surface area (Å²) in [6, 6.07) is 1.65. The number of nitrogens with one attached hydrogen (secondary N) is 1. The first kappa shape index (κ1) is 13.0. The van der Waals surface area contributed by atoms with Gasteiger partial charge < -0.3 is 5.32 Å². The summed E-state index contributed by atoms with van der Waals surface area (Å²) in [5, 5.41) is 3.70. The van der Waals surface area contributed by atoms with Gasteiger partial charge in [0.15, 0.2) is 0 Å². The zero-order valence-corrected chi connectivity index (χ0v) is 9.90. The highest BCUT2D eigenvalue weighted by Crippen LogP contribution is 2.17. The summed E-state index contributed by atoms with van der Waals surface area (Å²) in [5.41, 5.74) is 0. The predicted molar refractivity (Wildman–Crippen MR) is 61.1 cm³/mol. The van der Waals surface area contributed by atoms with Crippen LogP contribution in [0.2, 0.25) is 0 Å². The quantitative estimate of drug-likeness (QED) is 0.706. The minimum Gasteiger partial charge on any atom is -0.311 e. The molecule has 1 nitrogen and oxygen atoms in total. The van der Waals surface area contributed by atoms with Gasteiger partial charge in [-0.15, -0.1) is 0 Å². The van der Waals surface area contributed by atoms with Gasteiger partial charge in [-0.1, -0.05) is 40.5 Å². The van der Waals surface area contributed by atoms with Crippen molar-refractivity contribution in [1.82, 2.24) is 5.32 Å². The van der Waals surface area contributed by atoms with Crippen molar-refractivity contribution in [2.24, 2.45) is 0 Å². The molecule has 0 bridgehead atoms. The molecule has 1 rings (SSSR count). The lowest BCUT2D eigenvalue weighted by atomic mass is 9.95. The largest absolute Gasteiger partial charge is 0.311 e. The van der Waals surface area contributed by atoms with E-state index in [9.17, 15) is 0 Å². The van der Waals surface area contributed by atoms with Gasteiger partial charge in [-0.2, -0.15) is 0 Å². The maximum Gasteiger partial charge on any atom is 0.00695 e. The van der Waals surface area contributed by atoms with E-state index in [2.05, 4.69) is 19.2 Å². The van der Waals surface area contributed by atoms with E-state index >= 15 is 0 Å². The third-order valence-corrected chi connectivity index (χ3v) is 2.71. The van der Waals surface area contributed by atoms with E-state index in [1.165, 1.54) is 38.5 Å². The Morgan fingerprint density at radius 1 is 1.08 bits per heavy atom. The molecule has 1 fully saturated rings. The van der Waals surface area contributed by atoms with Crippen molar-refractivity contribution >= 4 is 0 Å². The van der Waals surface area contributed by atoms with Gasteiger partial charge in [0.2, 0.25) is 0 Å². The van der Waals surface area contributed by atoms with Crippen LogP contribution < -0.4 is 5.32 Å². The predicted octanol–water partition coefficient (Wildman–Crippen LogP) is 3.73. The Morgan fingerprint density at radius 3 is 2.23 bits per heavy atom. The molecule has 1 aliphatic rings. The van der Waals surface area contributed by atoms with Crippen LogP contribution in [0.25, 0.3) is 0 Å². The summed E-state index contributed by atoms with van der Waals surface area (Å²) in [7, 11) is 0. The van der Waals surface area contributed by atoms with Crippen LogP contribution in [0, 0.1) is 0 Å². The van der Waals surface area contributed by atoms with Crippen LogP contribution in [0.1, 0.15) is 66.2 Å². The van der Waals surface area contributed by atoms with E-state index in [1.807, 2.05) is 13.8 Å². The second-order valence-corrected chi connectivity index (χ2v) is 3.69. The van der Waals surface area contributed by atoms with Crippen LogP contribution in [0.3, 0.4) is 0 Å². The fourth-order valence-electron chi connectivity index (χ4n) is 2.01. The molecule has 0 saturated carbocycles. The molecule has 0 aromatic carbocycles. The van der Waals surface area contributed by atoms with Crippen molar-refractivity contribution < 1.29 is 0 Å². The molecule has 80 valence electrons. The van der Waals surface area contributed by atoms with E-state index in [0.29, 0.717) is 0 Å². The molecule has 1 saturated heterocycles. The van der Waals surface area contributed by atoms with Crippen molar-refractivity contribution in [2.75, 3.05) is 0 Å². The number of rotatable bonds is 3. The molecule has 1 N–H and O–H groups in total. The third kappa shape index (κ3) is 5.30. The molecule has 2 atom stereocenters. The monoisotopic (exact) mass is 185 g/mol. The molecule has 0 aromatic heterocycles. The normalized spacial score (nSPS) is 27.7. The Bertz CT molecular complexity index is 99.3. The standard InChI is InChI=1S/C10H21N.C2H6/c1-3-6-10-8-5-7-9(4-2)11-10;1-2/h9-11H,3-8H2,1-2H3;1-2H3. The maximum atomic E-state index is 3.70. The lowest BCUT2D eigenvalue weighted by Crippen LogP contribution is -2.41. The lowest BCUT2D eigenvalue weighted by Gasteiger charge is -2.30. The molecular formula is C12H27N. The Kier molecular flexibility index (Phi) is 8.53. The molecule has 0 aliphatic carbocycles. The van der Waals surface area contributed by atoms with Crippen molar-refractivity contribution in [2.45, 2.75) is 78.3 Å². The molecule has 0 spiro atoms. The van der Waals surface area contributed by atoms with Gasteiger partial charge in [0.1, 0.15) is 0 Å². The molecule has 1 heteroatoms. The molecule has 0 radical (unpaired) electrons. The van der Waals surface area contributed by atoms with Gasteiger partial charge in [-0.25, -0.2) is 0 Å². The van der Waals surface area contributed by atoms with Gasteiger partial charge in [0, 0.05) is 12.1 Å². The molecule has 1 heterocycles. The second-order valence-electron chi connectivity index (χ2n) is 3.69. The van der Waals surface area contributed by atoms with Crippen molar-refractivity contribution in [1.29, 1.82) is 0 Å². The van der Waals surface area contributed by atoms with Gasteiger partial charge >= 0.3 is 0 Å². The summed E-state index contributed by atoms with van der Waals surface area (Å²) in [6.07, 6.45) is 8.25. The fourth-order valence-corrected chi connectivity index (χ4v) is 2.01. The van der Waals surface area contributed by atoms with Gasteiger partial charge in [0.05, 0.1) is 0 Å². The molecular weight excluding hydrogens is 158 g/mol. The van der Waals surface area contributed by atoms with Crippen LogP contribution in [0.15, 0.2) is 0 Å². The SMILES string of the molecule is CC.CCCC1CCCC(CC)N1. The molecule has 2 unspecified atom stereocenters. The summed E-state index contributed by atoms with van der Waals surface area (Å²) in [5.74, 6) is 0. The molecule has 1 aliphatic heterocycles. The number of piperidine rings is 1. The molecule has 0 amide bonds. The van der Waals surface area contributed by atoms with Crippen LogP contribution in [0.4, 0.5) is 0 Å². The smallest absolute Gasteiger partial charge is 0.00695 e. The summed E-state index contributed by atoms with van der Waals surface area (Å²) in [6.45, 7) is 8.56. The average Bonchev–Trinajstić information content (AvgIpc) is 2.22. The first-order valence-corrected chi connectivity index (χ1v) is 6.12. The Labute approximate surface area is 84.3 Å². The zero-order chi connectivity index (χ0) is 10.1. The highest BCUT2D eigenvalue weighted by molar-refractivity contribution is 4.78. The topological polar surface area (TPSA) is 12.0 Å². The summed E-state index contributed by atoms with van der Waals surface area (Å²) < 4.78 is 0. The lowest BCUT2D eigenvalue weighted by molar-refractivity contribution is 0.301. The van der Waals surface area contributed by atoms with Crippen LogP contribution >= 0.6 is 0 Å². The second kappa shape index (κ2) is 8.55.